The Morgan fingerprint density at radius 2 is 2.21 bits per heavy atom. The van der Waals surface area contributed by atoms with Crippen molar-refractivity contribution >= 4 is 5.97 Å². The number of carboxylic acid groups (broad SMARTS) is 1. The average molecular weight is 201 g/mol. The second-order valence-electron chi connectivity index (χ2n) is 4.21. The molecule has 1 fully saturated rings. The van der Waals surface area contributed by atoms with E-state index in [1.165, 1.54) is 0 Å². The van der Waals surface area contributed by atoms with Crippen molar-refractivity contribution in [2.75, 3.05) is 20.3 Å². The number of hydrogen-bond donors (Lipinski definition) is 1. The number of nitrogens with zero attached hydrogens (tertiary/aromatic N) is 1. The lowest BCUT2D eigenvalue weighted by molar-refractivity contribution is -0.145. The van der Waals surface area contributed by atoms with Gasteiger partial charge in [0.25, 0.3) is 0 Å². The van der Waals surface area contributed by atoms with Crippen molar-refractivity contribution < 1.29 is 14.6 Å². The molecule has 0 aromatic heterocycles. The Kier molecular flexibility index (Phi) is 3.89. The first-order valence-electron chi connectivity index (χ1n) is 5.06. The lowest BCUT2D eigenvalue weighted by Crippen LogP contribution is -2.48. The van der Waals surface area contributed by atoms with E-state index in [0.717, 1.165) is 13.0 Å². The molecule has 2 atom stereocenters. The summed E-state index contributed by atoms with van der Waals surface area (Å²) in [5.74, 6) is -0.618. The molecule has 0 spiro atoms. The highest BCUT2D eigenvalue weighted by Crippen LogP contribution is 2.18. The molecule has 14 heavy (non-hydrogen) atoms. The minimum Gasteiger partial charge on any atom is -0.480 e. The SMILES string of the molecule is CC(C)C(C(=O)O)N(C)C1CCOC1. The molecule has 0 amide bonds. The minimum atomic E-state index is -0.741. The van der Waals surface area contributed by atoms with E-state index in [9.17, 15) is 4.79 Å². The van der Waals surface area contributed by atoms with Crippen LogP contribution in [0, 0.1) is 5.92 Å². The molecule has 1 N–H and O–H groups in total. The van der Waals surface area contributed by atoms with Gasteiger partial charge in [-0.05, 0) is 19.4 Å². The summed E-state index contributed by atoms with van der Waals surface area (Å²) in [6.45, 7) is 5.28. The lowest BCUT2D eigenvalue weighted by atomic mass is 10.0. The Morgan fingerprint density at radius 1 is 1.57 bits per heavy atom. The highest BCUT2D eigenvalue weighted by atomic mass is 16.5. The molecule has 4 heteroatoms. The van der Waals surface area contributed by atoms with Crippen molar-refractivity contribution in [2.45, 2.75) is 32.4 Å². The van der Waals surface area contributed by atoms with Gasteiger partial charge in [-0.2, -0.15) is 0 Å². The maximum atomic E-state index is 11.1. The fourth-order valence-electron chi connectivity index (χ4n) is 2.00. The first kappa shape index (κ1) is 11.5. The molecule has 0 bridgehead atoms. The number of hydrogen-bond acceptors (Lipinski definition) is 3. The fraction of sp³-hybridized carbons (Fsp3) is 0.900. The Hall–Kier alpha value is -0.610. The molecule has 0 aromatic carbocycles. The third-order valence-electron chi connectivity index (χ3n) is 2.80. The second kappa shape index (κ2) is 4.75. The van der Waals surface area contributed by atoms with Crippen molar-refractivity contribution in [1.82, 2.24) is 4.90 Å². The number of aliphatic carboxylic acids is 1. The van der Waals surface area contributed by atoms with Gasteiger partial charge in [0.1, 0.15) is 6.04 Å². The Morgan fingerprint density at radius 3 is 2.57 bits per heavy atom. The van der Waals surface area contributed by atoms with Crippen LogP contribution < -0.4 is 0 Å². The molecule has 0 aromatic rings. The zero-order valence-electron chi connectivity index (χ0n) is 9.06. The van der Waals surface area contributed by atoms with E-state index in [0.29, 0.717) is 6.61 Å². The molecular formula is C10H19NO3. The van der Waals surface area contributed by atoms with Crippen LogP contribution in [0.5, 0.6) is 0 Å². The van der Waals surface area contributed by atoms with Crippen LogP contribution in [0.25, 0.3) is 0 Å². The highest BCUT2D eigenvalue weighted by molar-refractivity contribution is 5.73. The molecule has 1 aliphatic heterocycles. The van der Waals surface area contributed by atoms with Gasteiger partial charge >= 0.3 is 5.97 Å². The van der Waals surface area contributed by atoms with Gasteiger partial charge in [0.15, 0.2) is 0 Å². The van der Waals surface area contributed by atoms with Crippen LogP contribution in [0.2, 0.25) is 0 Å². The summed E-state index contributed by atoms with van der Waals surface area (Å²) in [6, 6.07) is -0.139. The van der Waals surface area contributed by atoms with Gasteiger partial charge in [-0.1, -0.05) is 13.8 Å². The highest BCUT2D eigenvalue weighted by Gasteiger charge is 2.32. The standard InChI is InChI=1S/C10H19NO3/c1-7(2)9(10(12)13)11(3)8-4-5-14-6-8/h7-9H,4-6H2,1-3H3,(H,12,13). The summed E-state index contributed by atoms with van der Waals surface area (Å²) in [7, 11) is 1.87. The van der Waals surface area contributed by atoms with E-state index in [4.69, 9.17) is 9.84 Å². The maximum Gasteiger partial charge on any atom is 0.321 e. The van der Waals surface area contributed by atoms with Gasteiger partial charge < -0.3 is 9.84 Å². The van der Waals surface area contributed by atoms with Crippen molar-refractivity contribution in [1.29, 1.82) is 0 Å². The average Bonchev–Trinajstić information content (AvgIpc) is 2.53. The summed E-state index contributed by atoms with van der Waals surface area (Å²) in [4.78, 5) is 13.0. The van der Waals surface area contributed by atoms with Gasteiger partial charge in [-0.25, -0.2) is 0 Å². The molecule has 2 unspecified atom stereocenters. The Bertz CT molecular complexity index is 200. The van der Waals surface area contributed by atoms with Crippen molar-refractivity contribution in [3.05, 3.63) is 0 Å². The van der Waals surface area contributed by atoms with Crippen molar-refractivity contribution in [3.8, 4) is 0 Å². The molecule has 1 aliphatic rings. The monoisotopic (exact) mass is 201 g/mol. The Labute approximate surface area is 84.8 Å². The van der Waals surface area contributed by atoms with E-state index in [1.54, 1.807) is 0 Å². The topological polar surface area (TPSA) is 49.8 Å². The molecule has 1 heterocycles. The second-order valence-corrected chi connectivity index (χ2v) is 4.21. The van der Waals surface area contributed by atoms with E-state index in [2.05, 4.69) is 0 Å². The van der Waals surface area contributed by atoms with Gasteiger partial charge in [0, 0.05) is 12.6 Å². The zero-order valence-corrected chi connectivity index (χ0v) is 9.06. The molecular weight excluding hydrogens is 182 g/mol. The fourth-order valence-corrected chi connectivity index (χ4v) is 2.00. The summed E-state index contributed by atoms with van der Waals surface area (Å²) < 4.78 is 5.25. The van der Waals surface area contributed by atoms with Crippen LogP contribution in [0.1, 0.15) is 20.3 Å². The van der Waals surface area contributed by atoms with Crippen LogP contribution in [0.3, 0.4) is 0 Å². The third-order valence-corrected chi connectivity index (χ3v) is 2.80. The minimum absolute atomic E-state index is 0.123. The molecule has 4 nitrogen and oxygen atoms in total. The summed E-state index contributed by atoms with van der Waals surface area (Å²) in [5.41, 5.74) is 0. The smallest absolute Gasteiger partial charge is 0.321 e. The lowest BCUT2D eigenvalue weighted by Gasteiger charge is -2.31. The summed E-state index contributed by atoms with van der Waals surface area (Å²) >= 11 is 0. The van der Waals surface area contributed by atoms with E-state index in [-0.39, 0.29) is 12.0 Å². The van der Waals surface area contributed by atoms with Crippen LogP contribution in [0.4, 0.5) is 0 Å². The molecule has 0 aliphatic carbocycles. The van der Waals surface area contributed by atoms with E-state index < -0.39 is 12.0 Å². The summed E-state index contributed by atoms with van der Waals surface area (Å²) in [6.07, 6.45) is 0.938. The van der Waals surface area contributed by atoms with Gasteiger partial charge in [0.2, 0.25) is 0 Å². The Balaban J connectivity index is 2.62. The van der Waals surface area contributed by atoms with Crippen LogP contribution in [-0.2, 0) is 9.53 Å². The normalized spacial score (nSPS) is 24.5. The van der Waals surface area contributed by atoms with Crippen LogP contribution in [0.15, 0.2) is 0 Å². The third kappa shape index (κ3) is 2.45. The first-order valence-corrected chi connectivity index (χ1v) is 5.06. The number of likely N-dealkylation sites (N-methyl/N-ethyl adjacent to an activating group) is 1. The predicted molar refractivity (Wildman–Crippen MR) is 53.2 cm³/mol. The molecule has 1 rings (SSSR count). The van der Waals surface area contributed by atoms with Crippen LogP contribution >= 0.6 is 0 Å². The molecule has 1 saturated heterocycles. The number of carboxylic acids is 1. The van der Waals surface area contributed by atoms with Crippen LogP contribution in [-0.4, -0.2) is 48.3 Å². The summed E-state index contributed by atoms with van der Waals surface area (Å²) in [5, 5.41) is 9.09. The van der Waals surface area contributed by atoms with Crippen molar-refractivity contribution in [3.63, 3.8) is 0 Å². The molecule has 0 saturated carbocycles. The van der Waals surface area contributed by atoms with Gasteiger partial charge in [0.05, 0.1) is 6.61 Å². The van der Waals surface area contributed by atoms with Gasteiger partial charge in [-0.3, -0.25) is 9.69 Å². The predicted octanol–water partition coefficient (Wildman–Crippen LogP) is 0.816. The number of rotatable bonds is 4. The molecule has 82 valence electrons. The quantitative estimate of drug-likeness (QED) is 0.731. The zero-order chi connectivity index (χ0) is 10.7. The largest absolute Gasteiger partial charge is 0.480 e. The maximum absolute atomic E-state index is 11.1. The van der Waals surface area contributed by atoms with E-state index in [1.807, 2.05) is 25.8 Å². The van der Waals surface area contributed by atoms with E-state index >= 15 is 0 Å². The van der Waals surface area contributed by atoms with Gasteiger partial charge in [-0.15, -0.1) is 0 Å². The number of carbonyl (C=O) groups is 1. The van der Waals surface area contributed by atoms with Crippen molar-refractivity contribution in [2.24, 2.45) is 5.92 Å². The first-order chi connectivity index (χ1) is 6.54. The number of ether oxygens (including phenoxy) is 1. The molecule has 0 radical (unpaired) electrons.